The second-order valence-electron chi connectivity index (χ2n) is 3.77. The molecule has 2 N–H and O–H groups in total. The van der Waals surface area contributed by atoms with E-state index < -0.39 is 18.6 Å². The van der Waals surface area contributed by atoms with Crippen molar-refractivity contribution in [2.75, 3.05) is 18.8 Å². The predicted molar refractivity (Wildman–Crippen MR) is 63.4 cm³/mol. The topological polar surface area (TPSA) is 59.2 Å². The number of nitrogen functional groups attached to an aromatic ring is 1. The largest absolute Gasteiger partial charge is 0.406 e. The molecule has 1 aromatic rings. The van der Waals surface area contributed by atoms with Gasteiger partial charge in [0.15, 0.2) is 5.13 Å². The number of unbranched alkanes of at least 4 members (excludes halogenated alkanes) is 1. The molecule has 0 spiro atoms. The molecule has 1 aromatic heterocycles. The maximum Gasteiger partial charge on any atom is 0.406 e. The number of aromatic nitrogens is 1. The van der Waals surface area contributed by atoms with Gasteiger partial charge in [0.05, 0.1) is 0 Å². The van der Waals surface area contributed by atoms with Crippen molar-refractivity contribution >= 4 is 22.4 Å². The average Bonchev–Trinajstić information content (AvgIpc) is 2.68. The molecule has 0 bridgehead atoms. The van der Waals surface area contributed by atoms with E-state index >= 15 is 0 Å². The third-order valence-corrected chi connectivity index (χ3v) is 2.85. The maximum absolute atomic E-state index is 12.4. The molecule has 0 aliphatic heterocycles. The summed E-state index contributed by atoms with van der Waals surface area (Å²) in [6.45, 7) is 0.645. The maximum atomic E-state index is 12.4. The van der Waals surface area contributed by atoms with Crippen LogP contribution in [-0.4, -0.2) is 35.1 Å². The highest BCUT2D eigenvalue weighted by molar-refractivity contribution is 7.13. The van der Waals surface area contributed by atoms with Crippen molar-refractivity contribution in [3.05, 3.63) is 11.1 Å². The number of anilines is 1. The second kappa shape index (κ2) is 6.03. The lowest BCUT2D eigenvalue weighted by atomic mass is 10.3. The number of carbonyl (C=O) groups is 1. The molecule has 1 rings (SSSR count). The van der Waals surface area contributed by atoms with E-state index in [1.54, 1.807) is 0 Å². The molecule has 1 heterocycles. The molecule has 0 fully saturated rings. The molecule has 0 atom stereocenters. The molecule has 8 heteroatoms. The number of nitrogens with two attached hydrogens (primary N) is 1. The Morgan fingerprint density at radius 2 is 2.22 bits per heavy atom. The highest BCUT2D eigenvalue weighted by atomic mass is 32.1. The zero-order valence-corrected chi connectivity index (χ0v) is 10.6. The van der Waals surface area contributed by atoms with Gasteiger partial charge in [-0.2, -0.15) is 13.2 Å². The predicted octanol–water partition coefficient (Wildman–Crippen LogP) is 2.53. The van der Waals surface area contributed by atoms with Crippen LogP contribution in [0.3, 0.4) is 0 Å². The number of carbonyl (C=O) groups excluding carboxylic acids is 1. The summed E-state index contributed by atoms with van der Waals surface area (Å²) in [7, 11) is 0. The van der Waals surface area contributed by atoms with Crippen molar-refractivity contribution in [3.63, 3.8) is 0 Å². The molecule has 0 radical (unpaired) electrons. The number of halogens is 3. The van der Waals surface area contributed by atoms with Crippen molar-refractivity contribution in [3.8, 4) is 0 Å². The van der Waals surface area contributed by atoms with Gasteiger partial charge in [0, 0.05) is 11.9 Å². The number of amides is 1. The van der Waals surface area contributed by atoms with Crippen LogP contribution in [0.5, 0.6) is 0 Å². The Kier molecular flexibility index (Phi) is 4.94. The summed E-state index contributed by atoms with van der Waals surface area (Å²) in [4.78, 5) is 16.3. The molecule has 0 unspecified atom stereocenters. The zero-order chi connectivity index (χ0) is 13.8. The van der Waals surface area contributed by atoms with Gasteiger partial charge in [0.25, 0.3) is 5.91 Å². The van der Waals surface area contributed by atoms with Gasteiger partial charge >= 0.3 is 6.18 Å². The number of alkyl halides is 3. The van der Waals surface area contributed by atoms with Crippen molar-refractivity contribution in [2.45, 2.75) is 25.9 Å². The molecule has 0 aliphatic rings. The standard InChI is InChI=1S/C10H14F3N3OS/c1-2-3-4-16(6-10(11,12)13)8(17)7-5-18-9(14)15-7/h5H,2-4,6H2,1H3,(H2,14,15). The van der Waals surface area contributed by atoms with Gasteiger partial charge in [-0.3, -0.25) is 4.79 Å². The van der Waals surface area contributed by atoms with Crippen molar-refractivity contribution < 1.29 is 18.0 Å². The summed E-state index contributed by atoms with van der Waals surface area (Å²) < 4.78 is 37.1. The Morgan fingerprint density at radius 1 is 1.56 bits per heavy atom. The molecule has 0 aromatic carbocycles. The van der Waals surface area contributed by atoms with Crippen LogP contribution in [0, 0.1) is 0 Å². The fourth-order valence-corrected chi connectivity index (χ4v) is 1.90. The fourth-order valence-electron chi connectivity index (χ4n) is 1.37. The molecule has 1 amide bonds. The van der Waals surface area contributed by atoms with E-state index in [-0.39, 0.29) is 17.4 Å². The van der Waals surface area contributed by atoms with Crippen LogP contribution in [-0.2, 0) is 0 Å². The van der Waals surface area contributed by atoms with Crippen molar-refractivity contribution in [1.82, 2.24) is 9.88 Å². The minimum absolute atomic E-state index is 0.0298. The Balaban J connectivity index is 2.78. The zero-order valence-electron chi connectivity index (χ0n) is 9.83. The minimum atomic E-state index is -4.41. The normalized spacial score (nSPS) is 11.6. The highest BCUT2D eigenvalue weighted by Gasteiger charge is 2.33. The summed E-state index contributed by atoms with van der Waals surface area (Å²) in [5.41, 5.74) is 5.33. The van der Waals surface area contributed by atoms with Crippen molar-refractivity contribution in [1.29, 1.82) is 0 Å². The van der Waals surface area contributed by atoms with Gasteiger partial charge in [0.1, 0.15) is 12.2 Å². The number of hydrogen-bond donors (Lipinski definition) is 1. The van der Waals surface area contributed by atoms with Crippen LogP contribution >= 0.6 is 11.3 Å². The number of nitrogens with zero attached hydrogens (tertiary/aromatic N) is 2. The Labute approximate surface area is 107 Å². The van der Waals surface area contributed by atoms with Gasteiger partial charge in [-0.15, -0.1) is 11.3 Å². The molecule has 0 saturated heterocycles. The van der Waals surface area contributed by atoms with E-state index in [9.17, 15) is 18.0 Å². The van der Waals surface area contributed by atoms with Crippen LogP contribution in [0.25, 0.3) is 0 Å². The van der Waals surface area contributed by atoms with E-state index in [4.69, 9.17) is 5.73 Å². The molecule has 0 saturated carbocycles. The lowest BCUT2D eigenvalue weighted by Gasteiger charge is -2.22. The molecule has 18 heavy (non-hydrogen) atoms. The van der Waals surface area contributed by atoms with Gasteiger partial charge in [0.2, 0.25) is 0 Å². The third kappa shape index (κ3) is 4.52. The lowest BCUT2D eigenvalue weighted by molar-refractivity contribution is -0.140. The molecular formula is C10H14F3N3OS. The Bertz CT molecular complexity index is 405. The third-order valence-electron chi connectivity index (χ3n) is 2.18. The quantitative estimate of drug-likeness (QED) is 0.902. The highest BCUT2D eigenvalue weighted by Crippen LogP contribution is 2.20. The molecular weight excluding hydrogens is 267 g/mol. The summed E-state index contributed by atoms with van der Waals surface area (Å²) in [6, 6.07) is 0. The average molecular weight is 281 g/mol. The SMILES string of the molecule is CCCCN(CC(F)(F)F)C(=O)c1csc(N)n1. The van der Waals surface area contributed by atoms with Crippen molar-refractivity contribution in [2.24, 2.45) is 0 Å². The summed E-state index contributed by atoms with van der Waals surface area (Å²) in [5.74, 6) is -0.728. The monoisotopic (exact) mass is 281 g/mol. The first-order valence-corrected chi connectivity index (χ1v) is 6.28. The van der Waals surface area contributed by atoms with Crippen LogP contribution in [0.1, 0.15) is 30.3 Å². The van der Waals surface area contributed by atoms with Crippen LogP contribution < -0.4 is 5.73 Å². The van der Waals surface area contributed by atoms with E-state index in [0.717, 1.165) is 16.2 Å². The number of thiazole rings is 1. The second-order valence-corrected chi connectivity index (χ2v) is 4.66. The lowest BCUT2D eigenvalue weighted by Crippen LogP contribution is -2.39. The van der Waals surface area contributed by atoms with Gasteiger partial charge in [-0.1, -0.05) is 13.3 Å². The minimum Gasteiger partial charge on any atom is -0.375 e. The van der Waals surface area contributed by atoms with E-state index in [1.807, 2.05) is 6.92 Å². The molecule has 102 valence electrons. The molecule has 4 nitrogen and oxygen atoms in total. The number of hydrogen-bond acceptors (Lipinski definition) is 4. The summed E-state index contributed by atoms with van der Waals surface area (Å²) >= 11 is 1.03. The summed E-state index contributed by atoms with van der Waals surface area (Å²) in [6.07, 6.45) is -3.19. The smallest absolute Gasteiger partial charge is 0.375 e. The van der Waals surface area contributed by atoms with Crippen LogP contribution in [0.2, 0.25) is 0 Å². The first-order valence-electron chi connectivity index (χ1n) is 5.40. The first kappa shape index (κ1) is 14.7. The fraction of sp³-hybridized carbons (Fsp3) is 0.600. The first-order chi connectivity index (χ1) is 8.33. The van der Waals surface area contributed by atoms with Crippen LogP contribution in [0.15, 0.2) is 5.38 Å². The van der Waals surface area contributed by atoms with E-state index in [1.165, 1.54) is 5.38 Å². The van der Waals surface area contributed by atoms with Gasteiger partial charge in [-0.05, 0) is 6.42 Å². The van der Waals surface area contributed by atoms with E-state index in [0.29, 0.717) is 12.8 Å². The van der Waals surface area contributed by atoms with Gasteiger partial charge in [-0.25, -0.2) is 4.98 Å². The van der Waals surface area contributed by atoms with E-state index in [2.05, 4.69) is 4.98 Å². The molecule has 0 aliphatic carbocycles. The van der Waals surface area contributed by atoms with Crippen LogP contribution in [0.4, 0.5) is 18.3 Å². The van der Waals surface area contributed by atoms with Gasteiger partial charge < -0.3 is 10.6 Å². The Morgan fingerprint density at radius 3 is 2.67 bits per heavy atom. The summed E-state index contributed by atoms with van der Waals surface area (Å²) in [5, 5.41) is 1.54. The Hall–Kier alpha value is -1.31. The number of rotatable bonds is 5.